The van der Waals surface area contributed by atoms with Gasteiger partial charge in [-0.05, 0) is 26.3 Å². The SMILES string of the molecule is COc1ccc([C@H]2OCC[C@@H]2NC(=O)Cc2c(C)noc2C)cn1. The predicted octanol–water partition coefficient (Wildman–Crippen LogP) is 1.88. The van der Waals surface area contributed by atoms with Gasteiger partial charge in [0.1, 0.15) is 11.9 Å². The highest BCUT2D eigenvalue weighted by molar-refractivity contribution is 5.79. The first-order valence-electron chi connectivity index (χ1n) is 7.91. The molecule has 2 atom stereocenters. The molecule has 1 saturated heterocycles. The van der Waals surface area contributed by atoms with E-state index in [1.54, 1.807) is 19.4 Å². The van der Waals surface area contributed by atoms with Crippen LogP contribution in [0.4, 0.5) is 0 Å². The first kappa shape index (κ1) is 16.4. The van der Waals surface area contributed by atoms with Crippen LogP contribution < -0.4 is 10.1 Å². The number of carbonyl (C=O) groups excluding carboxylic acids is 1. The number of hydrogen-bond donors (Lipinski definition) is 1. The van der Waals surface area contributed by atoms with E-state index in [1.807, 2.05) is 19.9 Å². The van der Waals surface area contributed by atoms with Crippen molar-refractivity contribution in [3.05, 3.63) is 40.9 Å². The van der Waals surface area contributed by atoms with Crippen LogP contribution in [-0.4, -0.2) is 35.8 Å². The quantitative estimate of drug-likeness (QED) is 0.900. The predicted molar refractivity (Wildman–Crippen MR) is 85.7 cm³/mol. The summed E-state index contributed by atoms with van der Waals surface area (Å²) < 4.78 is 16.0. The molecule has 1 amide bonds. The number of pyridine rings is 1. The highest BCUT2D eigenvalue weighted by Gasteiger charge is 2.31. The van der Waals surface area contributed by atoms with Gasteiger partial charge in [0.25, 0.3) is 0 Å². The zero-order valence-corrected chi connectivity index (χ0v) is 14.0. The van der Waals surface area contributed by atoms with E-state index in [-0.39, 0.29) is 24.5 Å². The van der Waals surface area contributed by atoms with E-state index in [0.29, 0.717) is 18.2 Å². The van der Waals surface area contributed by atoms with Crippen molar-refractivity contribution in [2.24, 2.45) is 0 Å². The van der Waals surface area contributed by atoms with Crippen molar-refractivity contribution in [3.8, 4) is 5.88 Å². The van der Waals surface area contributed by atoms with Gasteiger partial charge in [-0.15, -0.1) is 0 Å². The molecule has 0 unspecified atom stereocenters. The highest BCUT2D eigenvalue weighted by atomic mass is 16.5. The van der Waals surface area contributed by atoms with Gasteiger partial charge in [0, 0.05) is 30.0 Å². The summed E-state index contributed by atoms with van der Waals surface area (Å²) in [7, 11) is 1.58. The fourth-order valence-electron chi connectivity index (χ4n) is 2.92. The number of hydrogen-bond acceptors (Lipinski definition) is 6. The van der Waals surface area contributed by atoms with Crippen LogP contribution in [0.15, 0.2) is 22.9 Å². The highest BCUT2D eigenvalue weighted by Crippen LogP contribution is 2.29. The molecule has 128 valence electrons. The molecule has 3 heterocycles. The minimum atomic E-state index is -0.197. The second-order valence-corrected chi connectivity index (χ2v) is 5.87. The van der Waals surface area contributed by atoms with Crippen molar-refractivity contribution in [3.63, 3.8) is 0 Å². The molecule has 0 saturated carbocycles. The Kier molecular flexibility index (Phi) is 4.80. The van der Waals surface area contributed by atoms with Crippen LogP contribution in [0.3, 0.4) is 0 Å². The molecule has 7 heteroatoms. The number of aromatic nitrogens is 2. The Morgan fingerprint density at radius 1 is 1.42 bits per heavy atom. The Hall–Kier alpha value is -2.41. The van der Waals surface area contributed by atoms with Crippen LogP contribution in [0.2, 0.25) is 0 Å². The maximum atomic E-state index is 12.4. The fourth-order valence-corrected chi connectivity index (χ4v) is 2.92. The Labute approximate surface area is 140 Å². The molecule has 0 bridgehead atoms. The summed E-state index contributed by atoms with van der Waals surface area (Å²) in [5, 5.41) is 6.94. The number of amides is 1. The van der Waals surface area contributed by atoms with E-state index in [9.17, 15) is 4.79 Å². The van der Waals surface area contributed by atoms with Gasteiger partial charge in [-0.1, -0.05) is 5.16 Å². The van der Waals surface area contributed by atoms with Gasteiger partial charge in [0.2, 0.25) is 11.8 Å². The minimum Gasteiger partial charge on any atom is -0.481 e. The van der Waals surface area contributed by atoms with E-state index in [1.165, 1.54) is 0 Å². The Morgan fingerprint density at radius 2 is 2.25 bits per heavy atom. The van der Waals surface area contributed by atoms with Gasteiger partial charge in [-0.25, -0.2) is 4.98 Å². The summed E-state index contributed by atoms with van der Waals surface area (Å²) >= 11 is 0. The summed E-state index contributed by atoms with van der Waals surface area (Å²) in [5.74, 6) is 1.17. The van der Waals surface area contributed by atoms with Crippen molar-refractivity contribution in [2.75, 3.05) is 13.7 Å². The van der Waals surface area contributed by atoms with Gasteiger partial charge >= 0.3 is 0 Å². The third-order valence-corrected chi connectivity index (χ3v) is 4.25. The lowest BCUT2D eigenvalue weighted by Gasteiger charge is -2.20. The molecule has 2 aromatic rings. The molecule has 0 aliphatic carbocycles. The summed E-state index contributed by atoms with van der Waals surface area (Å²) in [4.78, 5) is 16.6. The first-order valence-corrected chi connectivity index (χ1v) is 7.91. The molecular weight excluding hydrogens is 310 g/mol. The zero-order chi connectivity index (χ0) is 17.1. The van der Waals surface area contributed by atoms with Crippen molar-refractivity contribution < 1.29 is 18.8 Å². The lowest BCUT2D eigenvalue weighted by atomic mass is 10.0. The maximum absolute atomic E-state index is 12.4. The molecule has 1 aliphatic rings. The largest absolute Gasteiger partial charge is 0.481 e. The zero-order valence-electron chi connectivity index (χ0n) is 14.0. The molecule has 3 rings (SSSR count). The average Bonchev–Trinajstić information content (AvgIpc) is 3.16. The molecule has 0 spiro atoms. The molecule has 1 N–H and O–H groups in total. The molecule has 7 nitrogen and oxygen atoms in total. The number of carbonyl (C=O) groups is 1. The van der Waals surface area contributed by atoms with Gasteiger partial charge in [0.05, 0.1) is 25.3 Å². The second-order valence-electron chi connectivity index (χ2n) is 5.87. The Bertz CT molecular complexity index is 692. The van der Waals surface area contributed by atoms with Gasteiger partial charge in [-0.3, -0.25) is 4.79 Å². The Morgan fingerprint density at radius 3 is 2.88 bits per heavy atom. The van der Waals surface area contributed by atoms with Crippen LogP contribution in [0.1, 0.15) is 35.1 Å². The van der Waals surface area contributed by atoms with Crippen LogP contribution in [-0.2, 0) is 16.0 Å². The first-order chi connectivity index (χ1) is 11.6. The fraction of sp³-hybridized carbons (Fsp3) is 0.471. The topological polar surface area (TPSA) is 86.5 Å². The maximum Gasteiger partial charge on any atom is 0.224 e. The molecule has 24 heavy (non-hydrogen) atoms. The number of methoxy groups -OCH3 is 1. The second kappa shape index (κ2) is 7.00. The number of ether oxygens (including phenoxy) is 2. The van der Waals surface area contributed by atoms with Gasteiger partial charge < -0.3 is 19.3 Å². The third kappa shape index (κ3) is 3.41. The van der Waals surface area contributed by atoms with Crippen LogP contribution in [0.5, 0.6) is 5.88 Å². The van der Waals surface area contributed by atoms with Crippen molar-refractivity contribution in [2.45, 2.75) is 38.8 Å². The van der Waals surface area contributed by atoms with E-state index < -0.39 is 0 Å². The average molecular weight is 331 g/mol. The Balaban J connectivity index is 1.66. The summed E-state index contributed by atoms with van der Waals surface area (Å²) in [5.41, 5.74) is 2.52. The standard InChI is InChI=1S/C17H21N3O4/c1-10-13(11(2)24-20-10)8-15(21)19-14-6-7-23-17(14)12-4-5-16(22-3)18-9-12/h4-5,9,14,17H,6-8H2,1-3H3,(H,19,21)/t14-,17+/m0/s1. The number of nitrogens with one attached hydrogen (secondary N) is 1. The number of rotatable bonds is 5. The molecule has 2 aromatic heterocycles. The lowest BCUT2D eigenvalue weighted by Crippen LogP contribution is -2.37. The minimum absolute atomic E-state index is 0.0635. The van der Waals surface area contributed by atoms with E-state index in [0.717, 1.165) is 23.2 Å². The third-order valence-electron chi connectivity index (χ3n) is 4.25. The molecule has 0 aromatic carbocycles. The van der Waals surface area contributed by atoms with Crippen molar-refractivity contribution in [1.29, 1.82) is 0 Å². The van der Waals surface area contributed by atoms with Crippen LogP contribution in [0, 0.1) is 13.8 Å². The molecule has 0 radical (unpaired) electrons. The van der Waals surface area contributed by atoms with Crippen LogP contribution >= 0.6 is 0 Å². The van der Waals surface area contributed by atoms with Gasteiger partial charge in [-0.2, -0.15) is 0 Å². The summed E-state index contributed by atoms with van der Waals surface area (Å²) in [6.07, 6.45) is 2.55. The molecule has 1 aliphatic heterocycles. The van der Waals surface area contributed by atoms with E-state index >= 15 is 0 Å². The monoisotopic (exact) mass is 331 g/mol. The van der Waals surface area contributed by atoms with E-state index in [4.69, 9.17) is 14.0 Å². The van der Waals surface area contributed by atoms with Crippen molar-refractivity contribution in [1.82, 2.24) is 15.5 Å². The molecular formula is C17H21N3O4. The normalized spacial score (nSPS) is 20.1. The van der Waals surface area contributed by atoms with E-state index in [2.05, 4.69) is 15.5 Å². The summed E-state index contributed by atoms with van der Waals surface area (Å²) in [6, 6.07) is 3.63. The lowest BCUT2D eigenvalue weighted by molar-refractivity contribution is -0.121. The molecule has 1 fully saturated rings. The summed E-state index contributed by atoms with van der Waals surface area (Å²) in [6.45, 7) is 4.25. The van der Waals surface area contributed by atoms with Crippen LogP contribution in [0.25, 0.3) is 0 Å². The number of nitrogens with zero attached hydrogens (tertiary/aromatic N) is 2. The number of aryl methyl sites for hydroxylation is 2. The van der Waals surface area contributed by atoms with Crippen molar-refractivity contribution >= 4 is 5.91 Å². The van der Waals surface area contributed by atoms with Gasteiger partial charge in [0.15, 0.2) is 0 Å². The smallest absolute Gasteiger partial charge is 0.224 e.